The minimum absolute atomic E-state index is 0.0205. The van der Waals surface area contributed by atoms with Crippen LogP contribution < -0.4 is 4.74 Å². The van der Waals surface area contributed by atoms with E-state index >= 15 is 0 Å². The number of carbonyl (C=O) groups is 1. The number of unbranched alkanes of at least 4 members (excludes halogenated alkanes) is 5. The van der Waals surface area contributed by atoms with Crippen molar-refractivity contribution in [2.24, 2.45) is 0 Å². The van der Waals surface area contributed by atoms with Gasteiger partial charge in [0.25, 0.3) is 0 Å². The molecule has 0 aliphatic heterocycles. The lowest BCUT2D eigenvalue weighted by Gasteiger charge is -2.12. The van der Waals surface area contributed by atoms with Gasteiger partial charge in [0.05, 0.1) is 13.5 Å². The molecular formula is C22H33NO3. The van der Waals surface area contributed by atoms with Gasteiger partial charge < -0.3 is 14.4 Å². The molecule has 0 radical (unpaired) electrons. The molecule has 0 spiro atoms. The molecule has 0 bridgehead atoms. The van der Waals surface area contributed by atoms with Crippen LogP contribution in [0.2, 0.25) is 0 Å². The third-order valence-corrected chi connectivity index (χ3v) is 5.29. The van der Waals surface area contributed by atoms with E-state index in [1.807, 2.05) is 19.1 Å². The summed E-state index contributed by atoms with van der Waals surface area (Å²) < 4.78 is 7.76. The van der Waals surface area contributed by atoms with E-state index in [4.69, 9.17) is 4.74 Å². The van der Waals surface area contributed by atoms with E-state index < -0.39 is 5.97 Å². The Hall–Kier alpha value is -1.97. The van der Waals surface area contributed by atoms with E-state index in [1.54, 1.807) is 7.11 Å². The van der Waals surface area contributed by atoms with Crippen molar-refractivity contribution in [2.75, 3.05) is 7.11 Å². The normalized spacial score (nSPS) is 12.5. The van der Waals surface area contributed by atoms with Crippen LogP contribution in [0.25, 0.3) is 10.9 Å². The van der Waals surface area contributed by atoms with Crippen molar-refractivity contribution < 1.29 is 14.6 Å². The molecule has 1 unspecified atom stereocenters. The molecule has 4 heteroatoms. The highest BCUT2D eigenvalue weighted by atomic mass is 16.5. The second-order valence-corrected chi connectivity index (χ2v) is 7.30. The summed E-state index contributed by atoms with van der Waals surface area (Å²) in [4.78, 5) is 11.2. The number of carboxylic acids is 1. The lowest BCUT2D eigenvalue weighted by atomic mass is 9.95. The highest BCUT2D eigenvalue weighted by molar-refractivity contribution is 5.88. The Morgan fingerprint density at radius 3 is 2.54 bits per heavy atom. The summed E-state index contributed by atoms with van der Waals surface area (Å²) in [5.74, 6) is 0.0440. The molecule has 1 heterocycles. The standard InChI is InChI=1S/C22H33NO3/c1-5-6-7-8-9-10-13-23-17(3)22(16(2)14-21(24)25)19-15-18(26-4)11-12-20(19)23/h11-12,15-16H,5-10,13-14H2,1-4H3,(H,24,25). The topological polar surface area (TPSA) is 51.5 Å². The molecule has 1 aromatic carbocycles. The Kier molecular flexibility index (Phi) is 7.55. The van der Waals surface area contributed by atoms with Gasteiger partial charge in [-0.25, -0.2) is 0 Å². The summed E-state index contributed by atoms with van der Waals surface area (Å²) in [5, 5.41) is 10.4. The van der Waals surface area contributed by atoms with E-state index in [-0.39, 0.29) is 12.3 Å². The maximum absolute atomic E-state index is 11.2. The van der Waals surface area contributed by atoms with Crippen LogP contribution in [0.1, 0.15) is 76.0 Å². The molecule has 26 heavy (non-hydrogen) atoms. The van der Waals surface area contributed by atoms with Gasteiger partial charge in [-0.2, -0.15) is 0 Å². The van der Waals surface area contributed by atoms with Crippen molar-refractivity contribution >= 4 is 16.9 Å². The first-order valence-corrected chi connectivity index (χ1v) is 9.88. The summed E-state index contributed by atoms with van der Waals surface area (Å²) in [7, 11) is 1.67. The third-order valence-electron chi connectivity index (χ3n) is 5.29. The van der Waals surface area contributed by atoms with Crippen molar-refractivity contribution in [3.63, 3.8) is 0 Å². The number of carboxylic acid groups (broad SMARTS) is 1. The summed E-state index contributed by atoms with van der Waals surface area (Å²) >= 11 is 0. The number of aromatic nitrogens is 1. The van der Waals surface area contributed by atoms with Crippen LogP contribution in [0, 0.1) is 6.92 Å². The van der Waals surface area contributed by atoms with Crippen molar-refractivity contribution in [3.05, 3.63) is 29.5 Å². The van der Waals surface area contributed by atoms with Crippen LogP contribution in [-0.2, 0) is 11.3 Å². The summed E-state index contributed by atoms with van der Waals surface area (Å²) in [6.07, 6.45) is 7.76. The molecule has 0 aliphatic rings. The average Bonchev–Trinajstić information content (AvgIpc) is 2.88. The van der Waals surface area contributed by atoms with Crippen LogP contribution in [-0.4, -0.2) is 22.8 Å². The number of benzene rings is 1. The minimum atomic E-state index is -0.753. The third kappa shape index (κ3) is 4.80. The number of hydrogen-bond acceptors (Lipinski definition) is 2. The highest BCUT2D eigenvalue weighted by Crippen LogP contribution is 2.35. The average molecular weight is 360 g/mol. The van der Waals surface area contributed by atoms with Gasteiger partial charge >= 0.3 is 5.97 Å². The van der Waals surface area contributed by atoms with E-state index in [9.17, 15) is 9.90 Å². The monoisotopic (exact) mass is 359 g/mol. The number of methoxy groups -OCH3 is 1. The van der Waals surface area contributed by atoms with Crippen LogP contribution in [0.15, 0.2) is 18.2 Å². The molecule has 0 fully saturated rings. The predicted molar refractivity (Wildman–Crippen MR) is 107 cm³/mol. The quantitative estimate of drug-likeness (QED) is 0.508. The molecule has 0 amide bonds. The van der Waals surface area contributed by atoms with Gasteiger partial charge in [-0.1, -0.05) is 46.0 Å². The Balaban J connectivity index is 2.28. The van der Waals surface area contributed by atoms with E-state index in [0.29, 0.717) is 0 Å². The fraction of sp³-hybridized carbons (Fsp3) is 0.591. The highest BCUT2D eigenvalue weighted by Gasteiger charge is 2.21. The maximum Gasteiger partial charge on any atom is 0.303 e. The second kappa shape index (κ2) is 9.65. The first-order valence-electron chi connectivity index (χ1n) is 9.88. The van der Waals surface area contributed by atoms with Crippen LogP contribution >= 0.6 is 0 Å². The van der Waals surface area contributed by atoms with Gasteiger partial charge in [0, 0.05) is 23.1 Å². The molecule has 2 rings (SSSR count). The first-order chi connectivity index (χ1) is 12.5. The van der Waals surface area contributed by atoms with Crippen molar-refractivity contribution in [3.8, 4) is 5.75 Å². The zero-order valence-corrected chi connectivity index (χ0v) is 16.7. The SMILES string of the molecule is CCCCCCCCn1c(C)c(C(C)CC(=O)O)c2cc(OC)ccc21. The van der Waals surface area contributed by atoms with Gasteiger partial charge in [-0.3, -0.25) is 4.79 Å². The van der Waals surface area contributed by atoms with Crippen LogP contribution in [0.3, 0.4) is 0 Å². The maximum atomic E-state index is 11.2. The van der Waals surface area contributed by atoms with Gasteiger partial charge in [-0.15, -0.1) is 0 Å². The number of aliphatic carboxylic acids is 1. The molecule has 144 valence electrons. The van der Waals surface area contributed by atoms with Crippen molar-refractivity contribution in [1.82, 2.24) is 4.57 Å². The molecule has 4 nitrogen and oxygen atoms in total. The number of ether oxygens (including phenoxy) is 1. The minimum Gasteiger partial charge on any atom is -0.497 e. The second-order valence-electron chi connectivity index (χ2n) is 7.30. The lowest BCUT2D eigenvalue weighted by Crippen LogP contribution is -2.06. The molecule has 2 aromatic rings. The van der Waals surface area contributed by atoms with E-state index in [0.717, 1.165) is 29.7 Å². The van der Waals surface area contributed by atoms with Crippen LogP contribution in [0.4, 0.5) is 0 Å². The first kappa shape index (κ1) is 20.3. The van der Waals surface area contributed by atoms with E-state index in [1.165, 1.54) is 43.3 Å². The summed E-state index contributed by atoms with van der Waals surface area (Å²) in [5.41, 5.74) is 3.52. The Morgan fingerprint density at radius 2 is 1.88 bits per heavy atom. The van der Waals surface area contributed by atoms with Crippen LogP contribution in [0.5, 0.6) is 5.75 Å². The van der Waals surface area contributed by atoms with Gasteiger partial charge in [0.2, 0.25) is 0 Å². The smallest absolute Gasteiger partial charge is 0.303 e. The Morgan fingerprint density at radius 1 is 1.19 bits per heavy atom. The Labute approximate surface area is 157 Å². The molecule has 1 N–H and O–H groups in total. The summed E-state index contributed by atoms with van der Waals surface area (Å²) in [6, 6.07) is 6.15. The zero-order chi connectivity index (χ0) is 19.1. The number of aryl methyl sites for hydroxylation is 1. The molecule has 1 aromatic heterocycles. The molecule has 0 saturated carbocycles. The fourth-order valence-corrected chi connectivity index (χ4v) is 3.94. The van der Waals surface area contributed by atoms with Crippen molar-refractivity contribution in [2.45, 2.75) is 78.2 Å². The predicted octanol–water partition coefficient (Wildman–Crippen LogP) is 5.90. The molecule has 0 aliphatic carbocycles. The number of nitrogens with zero attached hydrogens (tertiary/aromatic N) is 1. The number of hydrogen-bond donors (Lipinski definition) is 1. The zero-order valence-electron chi connectivity index (χ0n) is 16.7. The number of fused-ring (bicyclic) bond motifs is 1. The van der Waals surface area contributed by atoms with Gasteiger partial charge in [0.15, 0.2) is 0 Å². The summed E-state index contributed by atoms with van der Waals surface area (Å²) in [6.45, 7) is 7.35. The molecule has 1 atom stereocenters. The van der Waals surface area contributed by atoms with Gasteiger partial charge in [0.1, 0.15) is 5.75 Å². The molecule has 0 saturated heterocycles. The number of rotatable bonds is 11. The lowest BCUT2D eigenvalue weighted by molar-refractivity contribution is -0.137. The largest absolute Gasteiger partial charge is 0.497 e. The van der Waals surface area contributed by atoms with Crippen molar-refractivity contribution in [1.29, 1.82) is 0 Å². The molecular weight excluding hydrogens is 326 g/mol. The Bertz CT molecular complexity index is 733. The van der Waals surface area contributed by atoms with E-state index in [2.05, 4.69) is 24.5 Å². The fourth-order valence-electron chi connectivity index (χ4n) is 3.94. The van der Waals surface area contributed by atoms with Gasteiger partial charge in [-0.05, 0) is 43.0 Å².